The quantitative estimate of drug-likeness (QED) is 0.355. The molecule has 0 saturated carbocycles. The van der Waals surface area contributed by atoms with E-state index in [1.54, 1.807) is 17.7 Å². The number of hydrazone groups is 1. The molecule has 0 fully saturated rings. The highest BCUT2D eigenvalue weighted by molar-refractivity contribution is 5.99. The summed E-state index contributed by atoms with van der Waals surface area (Å²) in [6.45, 7) is 9.59. The highest BCUT2D eigenvalue weighted by Crippen LogP contribution is 2.22. The Morgan fingerprint density at radius 1 is 1.13 bits per heavy atom. The Hall–Kier alpha value is -2.99. The third-order valence-electron chi connectivity index (χ3n) is 5.08. The summed E-state index contributed by atoms with van der Waals surface area (Å²) in [5, 5.41) is 5.10. The van der Waals surface area contributed by atoms with Crippen LogP contribution in [0.5, 0.6) is 0 Å². The highest BCUT2D eigenvalue weighted by Gasteiger charge is 2.14. The van der Waals surface area contributed by atoms with Crippen LogP contribution >= 0.6 is 0 Å². The summed E-state index contributed by atoms with van der Waals surface area (Å²) in [7, 11) is 1.65. The van der Waals surface area contributed by atoms with E-state index >= 15 is 0 Å². The maximum atomic E-state index is 13.0. The molecule has 0 bridgehead atoms. The zero-order chi connectivity index (χ0) is 21.7. The molecule has 0 atom stereocenters. The summed E-state index contributed by atoms with van der Waals surface area (Å²) in [5.74, 6) is 0.431. The molecule has 158 valence electrons. The van der Waals surface area contributed by atoms with Crippen molar-refractivity contribution < 1.29 is 4.74 Å². The van der Waals surface area contributed by atoms with E-state index in [0.717, 1.165) is 11.3 Å². The first-order valence-electron chi connectivity index (χ1n) is 10.2. The van der Waals surface area contributed by atoms with Crippen LogP contribution in [0.3, 0.4) is 0 Å². The Morgan fingerprint density at radius 3 is 2.50 bits per heavy atom. The number of aromatic nitrogens is 2. The molecule has 0 saturated heterocycles. The molecule has 0 aliphatic heterocycles. The van der Waals surface area contributed by atoms with E-state index in [9.17, 15) is 4.79 Å². The van der Waals surface area contributed by atoms with E-state index in [1.807, 2.05) is 25.1 Å². The lowest BCUT2D eigenvalue weighted by atomic mass is 9.86. The molecule has 2 aromatic carbocycles. The lowest BCUT2D eigenvalue weighted by Gasteiger charge is -2.19. The normalized spacial score (nSPS) is 12.4. The van der Waals surface area contributed by atoms with Gasteiger partial charge >= 0.3 is 0 Å². The molecule has 0 amide bonds. The molecule has 0 radical (unpaired) electrons. The molecule has 6 nitrogen and oxygen atoms in total. The van der Waals surface area contributed by atoms with Gasteiger partial charge in [0.05, 0.1) is 16.6 Å². The second kappa shape index (κ2) is 9.22. The van der Waals surface area contributed by atoms with Crippen LogP contribution in [0, 0.1) is 0 Å². The predicted molar refractivity (Wildman–Crippen MR) is 123 cm³/mol. The fraction of sp³-hybridized carbons (Fsp3) is 0.375. The monoisotopic (exact) mass is 406 g/mol. The number of anilines is 1. The molecule has 30 heavy (non-hydrogen) atoms. The topological polar surface area (TPSA) is 68.5 Å². The zero-order valence-electron chi connectivity index (χ0n) is 18.4. The molecular formula is C24H30N4O2. The van der Waals surface area contributed by atoms with Crippen LogP contribution in [0.25, 0.3) is 10.9 Å². The first-order chi connectivity index (χ1) is 14.3. The van der Waals surface area contributed by atoms with Crippen molar-refractivity contribution in [1.82, 2.24) is 9.55 Å². The molecular weight excluding hydrogens is 376 g/mol. The van der Waals surface area contributed by atoms with Crippen LogP contribution in [-0.2, 0) is 16.7 Å². The van der Waals surface area contributed by atoms with Gasteiger partial charge in [-0.05, 0) is 42.0 Å². The van der Waals surface area contributed by atoms with Crippen molar-refractivity contribution in [2.24, 2.45) is 5.10 Å². The number of rotatable bonds is 7. The van der Waals surface area contributed by atoms with Crippen LogP contribution < -0.4 is 11.0 Å². The standard InChI is InChI=1S/C24H30N4O2/c1-17(18-11-13-19(14-12-18)24(2,3)4)26-27-23-25-21-10-7-6-9-20(21)22(29)28(23)15-8-16-30-5/h6-7,9-14H,8,15-16H2,1-5H3,(H,25,27)/b26-17-. The number of para-hydroxylation sites is 1. The maximum Gasteiger partial charge on any atom is 0.262 e. The zero-order valence-corrected chi connectivity index (χ0v) is 18.4. The average Bonchev–Trinajstić information content (AvgIpc) is 2.73. The molecule has 6 heteroatoms. The van der Waals surface area contributed by atoms with Crippen LogP contribution in [0.2, 0.25) is 0 Å². The van der Waals surface area contributed by atoms with Crippen molar-refractivity contribution in [1.29, 1.82) is 0 Å². The van der Waals surface area contributed by atoms with Crippen LogP contribution in [0.4, 0.5) is 5.95 Å². The van der Waals surface area contributed by atoms with E-state index in [4.69, 9.17) is 4.74 Å². The Labute approximate surface area is 177 Å². The van der Waals surface area contributed by atoms with Gasteiger partial charge < -0.3 is 4.74 Å². The van der Waals surface area contributed by atoms with Gasteiger partial charge in [0.2, 0.25) is 5.95 Å². The Kier molecular flexibility index (Phi) is 6.67. The molecule has 0 aliphatic carbocycles. The number of fused-ring (bicyclic) bond motifs is 1. The minimum atomic E-state index is -0.0819. The number of hydrogen-bond acceptors (Lipinski definition) is 5. The Balaban J connectivity index is 1.91. The van der Waals surface area contributed by atoms with E-state index in [-0.39, 0.29) is 11.0 Å². The van der Waals surface area contributed by atoms with Crippen molar-refractivity contribution >= 4 is 22.6 Å². The second-order valence-corrected chi connectivity index (χ2v) is 8.39. The summed E-state index contributed by atoms with van der Waals surface area (Å²) in [6.07, 6.45) is 0.710. The van der Waals surface area contributed by atoms with E-state index < -0.39 is 0 Å². The average molecular weight is 407 g/mol. The Bertz CT molecular complexity index is 1090. The fourth-order valence-corrected chi connectivity index (χ4v) is 3.24. The van der Waals surface area contributed by atoms with Gasteiger partial charge in [0.1, 0.15) is 0 Å². The van der Waals surface area contributed by atoms with Crippen LogP contribution in [-0.4, -0.2) is 29.0 Å². The van der Waals surface area contributed by atoms with E-state index in [2.05, 4.69) is 60.5 Å². The molecule has 1 aromatic heterocycles. The minimum absolute atomic E-state index is 0.0819. The lowest BCUT2D eigenvalue weighted by Crippen LogP contribution is -2.25. The van der Waals surface area contributed by atoms with Gasteiger partial charge in [-0.2, -0.15) is 5.10 Å². The SMILES string of the molecule is COCCCn1c(N/N=C(/C)c2ccc(C(C)(C)C)cc2)nc2ccccc2c1=O. The maximum absolute atomic E-state index is 13.0. The van der Waals surface area contributed by atoms with Gasteiger partial charge in [0.25, 0.3) is 5.56 Å². The second-order valence-electron chi connectivity index (χ2n) is 8.39. The number of ether oxygens (including phenoxy) is 1. The van der Waals surface area contributed by atoms with Gasteiger partial charge in [-0.15, -0.1) is 0 Å². The van der Waals surface area contributed by atoms with Crippen molar-refractivity contribution in [3.8, 4) is 0 Å². The minimum Gasteiger partial charge on any atom is -0.385 e. The molecule has 1 heterocycles. The molecule has 3 rings (SSSR count). The molecule has 0 unspecified atom stereocenters. The number of hydrogen-bond donors (Lipinski definition) is 1. The first-order valence-corrected chi connectivity index (χ1v) is 10.2. The van der Waals surface area contributed by atoms with Crippen molar-refractivity contribution in [2.75, 3.05) is 19.1 Å². The Morgan fingerprint density at radius 2 is 1.83 bits per heavy atom. The fourth-order valence-electron chi connectivity index (χ4n) is 3.24. The largest absolute Gasteiger partial charge is 0.385 e. The van der Waals surface area contributed by atoms with Gasteiger partial charge in [-0.3, -0.25) is 9.36 Å². The van der Waals surface area contributed by atoms with Gasteiger partial charge in [0.15, 0.2) is 0 Å². The smallest absolute Gasteiger partial charge is 0.262 e. The summed E-state index contributed by atoms with van der Waals surface area (Å²) >= 11 is 0. The number of methoxy groups -OCH3 is 1. The lowest BCUT2D eigenvalue weighted by molar-refractivity contribution is 0.190. The third-order valence-corrected chi connectivity index (χ3v) is 5.08. The van der Waals surface area contributed by atoms with Crippen molar-refractivity contribution in [3.63, 3.8) is 0 Å². The number of nitrogens with one attached hydrogen (secondary N) is 1. The summed E-state index contributed by atoms with van der Waals surface area (Å²) < 4.78 is 6.76. The van der Waals surface area contributed by atoms with Crippen LogP contribution in [0.15, 0.2) is 58.4 Å². The van der Waals surface area contributed by atoms with E-state index in [1.165, 1.54) is 5.56 Å². The summed E-state index contributed by atoms with van der Waals surface area (Å²) in [4.78, 5) is 17.6. The summed E-state index contributed by atoms with van der Waals surface area (Å²) in [6, 6.07) is 15.8. The number of benzene rings is 2. The molecule has 3 aromatic rings. The van der Waals surface area contributed by atoms with E-state index in [0.29, 0.717) is 36.4 Å². The van der Waals surface area contributed by atoms with Crippen LogP contribution in [0.1, 0.15) is 45.2 Å². The van der Waals surface area contributed by atoms with Gasteiger partial charge in [-0.1, -0.05) is 57.2 Å². The van der Waals surface area contributed by atoms with Gasteiger partial charge in [0, 0.05) is 20.3 Å². The van der Waals surface area contributed by atoms with Gasteiger partial charge in [-0.25, -0.2) is 10.4 Å². The predicted octanol–water partition coefficient (Wildman–Crippen LogP) is 4.57. The third kappa shape index (κ3) is 4.94. The number of nitrogens with zero attached hydrogens (tertiary/aromatic N) is 3. The first kappa shape index (κ1) is 21.7. The molecule has 1 N–H and O–H groups in total. The molecule has 0 aliphatic rings. The summed E-state index contributed by atoms with van der Waals surface area (Å²) in [5.41, 5.74) is 6.80. The molecule has 0 spiro atoms. The van der Waals surface area contributed by atoms with Crippen molar-refractivity contribution in [3.05, 3.63) is 70.0 Å². The van der Waals surface area contributed by atoms with Crippen molar-refractivity contribution in [2.45, 2.75) is 46.1 Å². The highest BCUT2D eigenvalue weighted by atomic mass is 16.5.